The third-order valence-electron chi connectivity index (χ3n) is 2.77. The molecule has 1 aromatic heterocycles. The van der Waals surface area contributed by atoms with Crippen molar-refractivity contribution in [1.29, 1.82) is 0 Å². The Morgan fingerprint density at radius 2 is 2.33 bits per heavy atom. The van der Waals surface area contributed by atoms with E-state index < -0.39 is 17.9 Å². The topological polar surface area (TPSA) is 84.9 Å². The summed E-state index contributed by atoms with van der Waals surface area (Å²) in [6.45, 7) is 0.345. The van der Waals surface area contributed by atoms with Crippen molar-refractivity contribution in [2.24, 2.45) is 5.92 Å². The van der Waals surface area contributed by atoms with Gasteiger partial charge in [-0.3, -0.25) is 9.59 Å². The fourth-order valence-corrected chi connectivity index (χ4v) is 2.56. The Hall–Kier alpha value is -1.60. The van der Waals surface area contributed by atoms with Gasteiger partial charge in [-0.15, -0.1) is 11.3 Å². The average molecular weight is 271 g/mol. The highest BCUT2D eigenvalue weighted by Gasteiger charge is 2.35. The summed E-state index contributed by atoms with van der Waals surface area (Å²) < 4.78 is 10.1. The number of carboxylic acids is 1. The number of carbonyl (C=O) groups is 2. The molecule has 1 fully saturated rings. The van der Waals surface area contributed by atoms with Crippen molar-refractivity contribution in [2.75, 3.05) is 20.3 Å². The van der Waals surface area contributed by atoms with E-state index in [0.29, 0.717) is 10.6 Å². The number of thiophene rings is 1. The quantitative estimate of drug-likeness (QED) is 0.837. The lowest BCUT2D eigenvalue weighted by molar-refractivity contribution is -0.142. The molecule has 2 atom stereocenters. The Kier molecular flexibility index (Phi) is 3.83. The van der Waals surface area contributed by atoms with E-state index in [1.165, 1.54) is 18.4 Å². The zero-order chi connectivity index (χ0) is 13.1. The molecule has 98 valence electrons. The first-order valence-corrected chi connectivity index (χ1v) is 6.24. The minimum atomic E-state index is -0.962. The highest BCUT2D eigenvalue weighted by atomic mass is 32.1. The molecule has 0 aliphatic carbocycles. The molecule has 0 radical (unpaired) electrons. The number of hydrogen-bond acceptors (Lipinski definition) is 5. The summed E-state index contributed by atoms with van der Waals surface area (Å²) in [5.74, 6) is -1.50. The molecule has 6 nitrogen and oxygen atoms in total. The van der Waals surface area contributed by atoms with Crippen LogP contribution in [0.15, 0.2) is 11.4 Å². The molecule has 0 aromatic carbocycles. The van der Waals surface area contributed by atoms with E-state index in [9.17, 15) is 9.59 Å². The number of hydrogen-bond donors (Lipinski definition) is 2. The van der Waals surface area contributed by atoms with Crippen LogP contribution in [-0.4, -0.2) is 43.3 Å². The van der Waals surface area contributed by atoms with Crippen LogP contribution in [0.25, 0.3) is 0 Å². The van der Waals surface area contributed by atoms with Gasteiger partial charge in [0.05, 0.1) is 26.4 Å². The number of ether oxygens (including phenoxy) is 2. The number of aliphatic carboxylic acids is 1. The second-order valence-electron chi connectivity index (χ2n) is 3.88. The number of carboxylic acid groups (broad SMARTS) is 1. The third-order valence-corrected chi connectivity index (χ3v) is 3.66. The maximum Gasteiger partial charge on any atom is 0.311 e. The van der Waals surface area contributed by atoms with Gasteiger partial charge in [0.25, 0.3) is 5.91 Å². The molecule has 2 unspecified atom stereocenters. The minimum absolute atomic E-state index is 0.127. The lowest BCUT2D eigenvalue weighted by atomic mass is 10.0. The van der Waals surface area contributed by atoms with E-state index in [4.69, 9.17) is 14.6 Å². The van der Waals surface area contributed by atoms with Gasteiger partial charge in [-0.2, -0.15) is 0 Å². The summed E-state index contributed by atoms with van der Waals surface area (Å²) in [5.41, 5.74) is 0. The van der Waals surface area contributed by atoms with Crippen molar-refractivity contribution in [3.05, 3.63) is 16.3 Å². The fraction of sp³-hybridized carbons (Fsp3) is 0.455. The Morgan fingerprint density at radius 1 is 1.56 bits per heavy atom. The van der Waals surface area contributed by atoms with Crippen molar-refractivity contribution in [2.45, 2.75) is 6.04 Å². The molecule has 1 saturated heterocycles. The minimum Gasteiger partial charge on any atom is -0.495 e. The summed E-state index contributed by atoms with van der Waals surface area (Å²) in [7, 11) is 1.48. The number of methoxy groups -OCH3 is 1. The van der Waals surface area contributed by atoms with Crippen molar-refractivity contribution in [3.8, 4) is 5.75 Å². The van der Waals surface area contributed by atoms with E-state index in [0.717, 1.165) is 0 Å². The summed E-state index contributed by atoms with van der Waals surface area (Å²) >= 11 is 1.25. The smallest absolute Gasteiger partial charge is 0.311 e. The predicted molar refractivity (Wildman–Crippen MR) is 64.1 cm³/mol. The van der Waals surface area contributed by atoms with Crippen molar-refractivity contribution in [1.82, 2.24) is 5.32 Å². The van der Waals surface area contributed by atoms with E-state index in [1.807, 2.05) is 0 Å². The van der Waals surface area contributed by atoms with E-state index in [-0.39, 0.29) is 19.1 Å². The van der Waals surface area contributed by atoms with Gasteiger partial charge >= 0.3 is 5.97 Å². The number of amides is 1. The summed E-state index contributed by atoms with van der Waals surface area (Å²) in [5, 5.41) is 13.4. The molecule has 0 spiro atoms. The van der Waals surface area contributed by atoms with Gasteiger partial charge in [-0.1, -0.05) is 0 Å². The molecule has 1 aliphatic rings. The van der Waals surface area contributed by atoms with Gasteiger partial charge in [-0.25, -0.2) is 0 Å². The standard InChI is InChI=1S/C11H13NO5S/c1-16-8-2-3-18-9(8)10(13)12-7-5-17-4-6(7)11(14)15/h2-3,6-7H,4-5H2,1H3,(H,12,13)(H,14,15). The maximum absolute atomic E-state index is 12.0. The van der Waals surface area contributed by atoms with Crippen LogP contribution in [0.1, 0.15) is 9.67 Å². The van der Waals surface area contributed by atoms with Crippen LogP contribution in [0.2, 0.25) is 0 Å². The molecule has 1 aromatic rings. The molecular formula is C11H13NO5S. The van der Waals surface area contributed by atoms with Crippen LogP contribution < -0.4 is 10.1 Å². The zero-order valence-corrected chi connectivity index (χ0v) is 10.5. The van der Waals surface area contributed by atoms with Crippen molar-refractivity contribution in [3.63, 3.8) is 0 Å². The fourth-order valence-electron chi connectivity index (χ4n) is 1.80. The maximum atomic E-state index is 12.0. The molecule has 7 heteroatoms. The van der Waals surface area contributed by atoms with Gasteiger partial charge < -0.3 is 19.9 Å². The van der Waals surface area contributed by atoms with Crippen molar-refractivity contribution >= 4 is 23.2 Å². The predicted octanol–water partition coefficient (Wildman–Crippen LogP) is 0.586. The first-order valence-electron chi connectivity index (χ1n) is 5.36. The Morgan fingerprint density at radius 3 is 3.00 bits per heavy atom. The monoisotopic (exact) mass is 271 g/mol. The van der Waals surface area contributed by atoms with Gasteiger partial charge in [0.15, 0.2) is 0 Å². The van der Waals surface area contributed by atoms with E-state index >= 15 is 0 Å². The van der Waals surface area contributed by atoms with Gasteiger partial charge in [-0.05, 0) is 11.4 Å². The first kappa shape index (κ1) is 12.8. The zero-order valence-electron chi connectivity index (χ0n) is 9.71. The normalized spacial score (nSPS) is 22.7. The van der Waals surface area contributed by atoms with Crippen LogP contribution in [0.5, 0.6) is 5.75 Å². The first-order chi connectivity index (χ1) is 8.63. The number of rotatable bonds is 4. The molecule has 1 amide bonds. The van der Waals surface area contributed by atoms with Gasteiger partial charge in [0.2, 0.25) is 0 Å². The molecule has 0 bridgehead atoms. The Bertz CT molecular complexity index is 458. The molecule has 2 rings (SSSR count). The Balaban J connectivity index is 2.05. The highest BCUT2D eigenvalue weighted by Crippen LogP contribution is 2.25. The second-order valence-corrected chi connectivity index (χ2v) is 4.80. The summed E-state index contributed by atoms with van der Waals surface area (Å²) in [6.07, 6.45) is 0. The SMILES string of the molecule is COc1ccsc1C(=O)NC1COCC1C(=O)O. The summed E-state index contributed by atoms with van der Waals surface area (Å²) in [6, 6.07) is 1.20. The molecule has 1 aliphatic heterocycles. The highest BCUT2D eigenvalue weighted by molar-refractivity contribution is 7.12. The molecular weight excluding hydrogens is 258 g/mol. The Labute approximate surface area is 108 Å². The van der Waals surface area contributed by atoms with Gasteiger partial charge in [0.1, 0.15) is 16.5 Å². The molecule has 0 saturated carbocycles. The lowest BCUT2D eigenvalue weighted by Crippen LogP contribution is -2.42. The van der Waals surface area contributed by atoms with E-state index in [1.54, 1.807) is 11.4 Å². The number of nitrogens with one attached hydrogen (secondary N) is 1. The average Bonchev–Trinajstić information content (AvgIpc) is 2.96. The van der Waals surface area contributed by atoms with E-state index in [2.05, 4.69) is 5.32 Å². The van der Waals surface area contributed by atoms with Crippen LogP contribution in [0, 0.1) is 5.92 Å². The summed E-state index contributed by atoms with van der Waals surface area (Å²) in [4.78, 5) is 23.4. The second kappa shape index (κ2) is 5.36. The van der Waals surface area contributed by atoms with Crippen LogP contribution in [0.4, 0.5) is 0 Å². The van der Waals surface area contributed by atoms with Crippen molar-refractivity contribution < 1.29 is 24.2 Å². The van der Waals surface area contributed by atoms with Crippen LogP contribution in [-0.2, 0) is 9.53 Å². The van der Waals surface area contributed by atoms with Gasteiger partial charge in [0, 0.05) is 0 Å². The molecule has 18 heavy (non-hydrogen) atoms. The molecule has 2 N–H and O–H groups in total. The lowest BCUT2D eigenvalue weighted by Gasteiger charge is -2.15. The largest absolute Gasteiger partial charge is 0.495 e. The van der Waals surface area contributed by atoms with Crippen LogP contribution in [0.3, 0.4) is 0 Å². The van der Waals surface area contributed by atoms with Crippen LogP contribution >= 0.6 is 11.3 Å². The molecule has 2 heterocycles. The third kappa shape index (κ3) is 2.46. The number of carbonyl (C=O) groups excluding carboxylic acids is 1.